The van der Waals surface area contributed by atoms with E-state index in [-0.39, 0.29) is 11.9 Å². The van der Waals surface area contributed by atoms with E-state index < -0.39 is 0 Å². The van der Waals surface area contributed by atoms with Crippen LogP contribution in [0.4, 0.5) is 0 Å². The molecule has 0 aliphatic carbocycles. The molecule has 6 heteroatoms. The van der Waals surface area contributed by atoms with Gasteiger partial charge in [-0.25, -0.2) is 5.01 Å². The Hall–Kier alpha value is -1.30. The molecule has 0 aromatic heterocycles. The summed E-state index contributed by atoms with van der Waals surface area (Å²) in [5, 5.41) is 19.8. The summed E-state index contributed by atoms with van der Waals surface area (Å²) >= 11 is 0. The van der Waals surface area contributed by atoms with E-state index in [0.29, 0.717) is 0 Å². The van der Waals surface area contributed by atoms with Crippen molar-refractivity contribution in [1.29, 1.82) is 10.8 Å². The van der Waals surface area contributed by atoms with Crippen LogP contribution < -0.4 is 10.7 Å². The lowest BCUT2D eigenvalue weighted by Gasteiger charge is -2.28. The Morgan fingerprint density at radius 3 is 2.27 bits per heavy atom. The van der Waals surface area contributed by atoms with Crippen molar-refractivity contribution in [3.8, 4) is 0 Å². The van der Waals surface area contributed by atoms with Gasteiger partial charge in [0.2, 0.25) is 5.96 Å². The maximum absolute atomic E-state index is 7.62. The van der Waals surface area contributed by atoms with Gasteiger partial charge in [-0.1, -0.05) is 6.42 Å². The number of piperidine rings is 1. The molecule has 0 bridgehead atoms. The third kappa shape index (κ3) is 4.16. The fraction of sp³-hybridized carbons (Fsp3) is 0.778. The molecule has 0 aromatic rings. The molecule has 4 N–H and O–H groups in total. The smallest absolute Gasteiger partial charge is 0.210 e. The fourth-order valence-corrected chi connectivity index (χ4v) is 1.42. The van der Waals surface area contributed by atoms with Gasteiger partial charge in [-0.3, -0.25) is 21.6 Å². The van der Waals surface area contributed by atoms with Gasteiger partial charge < -0.3 is 4.90 Å². The van der Waals surface area contributed by atoms with Crippen LogP contribution in [0.5, 0.6) is 0 Å². The average Bonchev–Trinajstić information content (AvgIpc) is 2.18. The zero-order chi connectivity index (χ0) is 11.3. The summed E-state index contributed by atoms with van der Waals surface area (Å²) in [6.45, 7) is 1.94. The first-order valence-corrected chi connectivity index (χ1v) is 5.22. The van der Waals surface area contributed by atoms with Gasteiger partial charge in [0.05, 0.1) is 0 Å². The Morgan fingerprint density at radius 1 is 1.13 bits per heavy atom. The van der Waals surface area contributed by atoms with Crippen molar-refractivity contribution in [2.45, 2.75) is 19.3 Å². The Labute approximate surface area is 90.6 Å². The van der Waals surface area contributed by atoms with Crippen LogP contribution in [0.25, 0.3) is 0 Å². The molecule has 1 aliphatic rings. The number of hydrogen-bond donors (Lipinski definition) is 4. The maximum atomic E-state index is 7.62. The van der Waals surface area contributed by atoms with Crippen molar-refractivity contribution >= 4 is 11.9 Å². The second-order valence-electron chi connectivity index (χ2n) is 3.90. The van der Waals surface area contributed by atoms with Crippen LogP contribution in [0.1, 0.15) is 19.3 Å². The summed E-state index contributed by atoms with van der Waals surface area (Å²) in [4.78, 5) is 1.62. The molecule has 1 saturated heterocycles. The molecule has 0 atom stereocenters. The lowest BCUT2D eigenvalue weighted by molar-refractivity contribution is 0.192. The van der Waals surface area contributed by atoms with E-state index in [1.54, 1.807) is 19.0 Å². The van der Waals surface area contributed by atoms with Gasteiger partial charge in [-0.2, -0.15) is 0 Å². The van der Waals surface area contributed by atoms with Gasteiger partial charge in [0.1, 0.15) is 0 Å². The second kappa shape index (κ2) is 5.55. The van der Waals surface area contributed by atoms with Crippen LogP contribution in [0.15, 0.2) is 0 Å². The first-order chi connectivity index (χ1) is 7.09. The molecule has 1 fully saturated rings. The summed E-state index contributed by atoms with van der Waals surface area (Å²) in [5.41, 5.74) is 2.94. The Kier molecular flexibility index (Phi) is 4.36. The maximum Gasteiger partial charge on any atom is 0.210 e. The van der Waals surface area contributed by atoms with Crippen molar-refractivity contribution < 1.29 is 0 Å². The third-order valence-electron chi connectivity index (χ3n) is 2.32. The van der Waals surface area contributed by atoms with Crippen molar-refractivity contribution in [2.24, 2.45) is 0 Å². The second-order valence-corrected chi connectivity index (χ2v) is 3.90. The van der Waals surface area contributed by atoms with Gasteiger partial charge in [-0.15, -0.1) is 0 Å². The summed E-state index contributed by atoms with van der Waals surface area (Å²) < 4.78 is 0. The molecule has 15 heavy (non-hydrogen) atoms. The van der Waals surface area contributed by atoms with Gasteiger partial charge in [0.15, 0.2) is 5.96 Å². The molecule has 0 saturated carbocycles. The number of hydrazine groups is 1. The van der Waals surface area contributed by atoms with Crippen LogP contribution in [0.2, 0.25) is 0 Å². The number of rotatable bonds is 1. The van der Waals surface area contributed by atoms with Crippen molar-refractivity contribution in [1.82, 2.24) is 20.7 Å². The van der Waals surface area contributed by atoms with Gasteiger partial charge in [0.25, 0.3) is 0 Å². The standard InChI is InChI=1S/C9H20N6/c1-14(2)9(11)12-8(10)13-15-6-4-3-5-7-15/h3-7H2,1-2H3,(H4,10,11,12,13). The highest BCUT2D eigenvalue weighted by Gasteiger charge is 2.11. The molecule has 0 unspecified atom stereocenters. The van der Waals surface area contributed by atoms with E-state index >= 15 is 0 Å². The average molecular weight is 212 g/mol. The predicted molar refractivity (Wildman–Crippen MR) is 60.8 cm³/mol. The fourth-order valence-electron chi connectivity index (χ4n) is 1.42. The minimum absolute atomic E-state index is 0.163. The summed E-state index contributed by atoms with van der Waals surface area (Å²) in [5.74, 6) is 0.375. The third-order valence-corrected chi connectivity index (χ3v) is 2.32. The highest BCUT2D eigenvalue weighted by atomic mass is 15.5. The van der Waals surface area contributed by atoms with Crippen molar-refractivity contribution in [2.75, 3.05) is 27.2 Å². The normalized spacial score (nSPS) is 16.9. The van der Waals surface area contributed by atoms with Crippen LogP contribution in [-0.2, 0) is 0 Å². The van der Waals surface area contributed by atoms with E-state index in [2.05, 4.69) is 10.7 Å². The van der Waals surface area contributed by atoms with Crippen LogP contribution in [0, 0.1) is 10.8 Å². The number of nitrogens with one attached hydrogen (secondary N) is 4. The van der Waals surface area contributed by atoms with Gasteiger partial charge in [-0.05, 0) is 12.8 Å². The molecule has 1 aliphatic heterocycles. The molecule has 0 amide bonds. The van der Waals surface area contributed by atoms with Crippen molar-refractivity contribution in [3.63, 3.8) is 0 Å². The molecule has 86 valence electrons. The topological polar surface area (TPSA) is 78.2 Å². The van der Waals surface area contributed by atoms with E-state index in [1.807, 2.05) is 5.01 Å². The quantitative estimate of drug-likeness (QED) is 0.364. The van der Waals surface area contributed by atoms with E-state index in [0.717, 1.165) is 13.1 Å². The molecule has 0 radical (unpaired) electrons. The van der Waals surface area contributed by atoms with Crippen LogP contribution >= 0.6 is 0 Å². The molecule has 1 rings (SSSR count). The minimum atomic E-state index is 0.163. The lowest BCUT2D eigenvalue weighted by atomic mass is 10.2. The Balaban J connectivity index is 2.25. The summed E-state index contributed by atoms with van der Waals surface area (Å²) in [6.07, 6.45) is 3.61. The molecular weight excluding hydrogens is 192 g/mol. The highest BCUT2D eigenvalue weighted by molar-refractivity contribution is 5.95. The minimum Gasteiger partial charge on any atom is -0.349 e. The molecular formula is C9H20N6. The largest absolute Gasteiger partial charge is 0.349 e. The van der Waals surface area contributed by atoms with E-state index in [4.69, 9.17) is 10.8 Å². The zero-order valence-electron chi connectivity index (χ0n) is 9.43. The van der Waals surface area contributed by atoms with E-state index in [9.17, 15) is 0 Å². The predicted octanol–water partition coefficient (Wildman–Crippen LogP) is -0.00236. The first kappa shape index (κ1) is 11.8. The summed E-state index contributed by atoms with van der Waals surface area (Å²) in [6, 6.07) is 0. The summed E-state index contributed by atoms with van der Waals surface area (Å²) in [7, 11) is 3.53. The lowest BCUT2D eigenvalue weighted by Crippen LogP contribution is -2.52. The zero-order valence-corrected chi connectivity index (χ0v) is 9.43. The molecule has 0 aromatic carbocycles. The molecule has 1 heterocycles. The highest BCUT2D eigenvalue weighted by Crippen LogP contribution is 2.05. The Morgan fingerprint density at radius 2 is 1.73 bits per heavy atom. The van der Waals surface area contributed by atoms with Crippen molar-refractivity contribution in [3.05, 3.63) is 0 Å². The van der Waals surface area contributed by atoms with Crippen LogP contribution in [0.3, 0.4) is 0 Å². The van der Waals surface area contributed by atoms with Crippen LogP contribution in [-0.4, -0.2) is 49.0 Å². The molecule has 0 spiro atoms. The number of nitrogens with zero attached hydrogens (tertiary/aromatic N) is 2. The molecule has 6 nitrogen and oxygen atoms in total. The Bertz CT molecular complexity index is 231. The van der Waals surface area contributed by atoms with Gasteiger partial charge in [0, 0.05) is 27.2 Å². The first-order valence-electron chi connectivity index (χ1n) is 5.22. The monoisotopic (exact) mass is 212 g/mol. The SMILES string of the molecule is CN(C)C(=N)NC(=N)NN1CCCCC1. The number of hydrogen-bond acceptors (Lipinski definition) is 3. The van der Waals surface area contributed by atoms with E-state index in [1.165, 1.54) is 19.3 Å². The van der Waals surface area contributed by atoms with Gasteiger partial charge >= 0.3 is 0 Å². The number of guanidine groups is 2.